The maximum atomic E-state index is 14.4. The van der Waals surface area contributed by atoms with Gasteiger partial charge in [0.2, 0.25) is 23.6 Å². The summed E-state index contributed by atoms with van der Waals surface area (Å²) in [5.74, 6) is -3.41. The molecule has 25 nitrogen and oxygen atoms in total. The van der Waals surface area contributed by atoms with Crippen LogP contribution in [0.1, 0.15) is 154 Å². The van der Waals surface area contributed by atoms with E-state index in [1.165, 1.54) is 12.1 Å². The molecule has 0 aliphatic carbocycles. The zero-order valence-corrected chi connectivity index (χ0v) is 51.4. The number of ether oxygens (including phenoxy) is 5. The molecule has 0 spiro atoms. The van der Waals surface area contributed by atoms with E-state index in [0.29, 0.717) is 23.1 Å². The summed E-state index contributed by atoms with van der Waals surface area (Å²) in [4.78, 5) is 120. The number of phenolic OH excluding ortho intramolecular Hbond substituents is 2. The molecule has 0 aromatic heterocycles. The van der Waals surface area contributed by atoms with E-state index >= 15 is 0 Å². The van der Waals surface area contributed by atoms with Gasteiger partial charge in [0.25, 0.3) is 0 Å². The molecule has 2 rings (SSSR count). The smallest absolute Gasteiger partial charge is 0.408 e. The predicted octanol–water partition coefficient (Wildman–Crippen LogP) is 6.52. The van der Waals surface area contributed by atoms with E-state index in [-0.39, 0.29) is 81.8 Å². The third kappa shape index (κ3) is 31.9. The minimum Gasteiger partial charge on any atom is -0.508 e. The van der Waals surface area contributed by atoms with Crippen molar-refractivity contribution < 1.29 is 77.0 Å². The Labute approximate surface area is 488 Å². The zero-order chi connectivity index (χ0) is 63.1. The molecular formula is C58H93N9O16. The molecule has 466 valence electrons. The summed E-state index contributed by atoms with van der Waals surface area (Å²) in [6.45, 7) is 26.3. The van der Waals surface area contributed by atoms with Crippen LogP contribution < -0.4 is 47.9 Å². The van der Waals surface area contributed by atoms with Gasteiger partial charge in [0.05, 0.1) is 6.54 Å². The van der Waals surface area contributed by atoms with Crippen LogP contribution in [0.15, 0.2) is 36.4 Å². The largest absolute Gasteiger partial charge is 0.508 e. The summed E-state index contributed by atoms with van der Waals surface area (Å²) in [5, 5.41) is 44.9. The highest BCUT2D eigenvalue weighted by Gasteiger charge is 2.31. The molecule has 0 saturated heterocycles. The highest BCUT2D eigenvalue weighted by atomic mass is 16.6. The second-order valence-electron chi connectivity index (χ2n) is 24.9. The van der Waals surface area contributed by atoms with Crippen molar-refractivity contribution in [2.75, 3.05) is 32.7 Å². The Kier molecular flexibility index (Phi) is 27.7. The lowest BCUT2D eigenvalue weighted by Gasteiger charge is -2.26. The van der Waals surface area contributed by atoms with Crippen molar-refractivity contribution in [3.8, 4) is 22.6 Å². The quantitative estimate of drug-likeness (QED) is 0.0353. The van der Waals surface area contributed by atoms with Crippen molar-refractivity contribution in [1.29, 1.82) is 0 Å². The van der Waals surface area contributed by atoms with Gasteiger partial charge in [-0.1, -0.05) is 12.1 Å². The summed E-state index contributed by atoms with van der Waals surface area (Å²) in [6.07, 6.45) is -3.44. The first kappa shape index (κ1) is 71.4. The maximum Gasteiger partial charge on any atom is 0.408 e. The van der Waals surface area contributed by atoms with Crippen molar-refractivity contribution in [2.45, 2.75) is 208 Å². The van der Waals surface area contributed by atoms with Gasteiger partial charge in [-0.25, -0.2) is 24.0 Å². The van der Waals surface area contributed by atoms with Gasteiger partial charge in [0.15, 0.2) is 0 Å². The summed E-state index contributed by atoms with van der Waals surface area (Å²) in [7, 11) is 0. The molecule has 0 bridgehead atoms. The second-order valence-corrected chi connectivity index (χ2v) is 24.9. The topological polar surface area (TPSA) is 349 Å². The Morgan fingerprint density at radius 1 is 0.434 bits per heavy atom. The van der Waals surface area contributed by atoms with E-state index in [1.54, 1.807) is 135 Å². The number of carbonyl (C=O) groups is 9. The molecule has 0 aliphatic rings. The number of carbonyl (C=O) groups excluding carboxylic acids is 9. The number of alkyl carbamates (subject to hydrolysis) is 5. The van der Waals surface area contributed by atoms with E-state index in [4.69, 9.17) is 23.7 Å². The van der Waals surface area contributed by atoms with Crippen LogP contribution in [0.5, 0.6) is 11.5 Å². The minimum atomic E-state index is -1.47. The summed E-state index contributed by atoms with van der Waals surface area (Å²) in [5.41, 5.74) is -2.05. The molecular weight excluding hydrogens is 1080 g/mol. The third-order valence-electron chi connectivity index (χ3n) is 11.1. The van der Waals surface area contributed by atoms with Gasteiger partial charge in [-0.15, -0.1) is 0 Å². The van der Waals surface area contributed by atoms with Gasteiger partial charge in [-0.3, -0.25) is 19.2 Å². The van der Waals surface area contributed by atoms with Gasteiger partial charge in [-0.05, 0) is 196 Å². The van der Waals surface area contributed by atoms with Crippen LogP contribution in [0.25, 0.3) is 11.1 Å². The molecule has 0 fully saturated rings. The van der Waals surface area contributed by atoms with Gasteiger partial charge < -0.3 is 81.7 Å². The number of nitrogens with one attached hydrogen (secondary N) is 9. The van der Waals surface area contributed by atoms with Crippen LogP contribution in [-0.2, 0) is 49.3 Å². The Morgan fingerprint density at radius 3 is 1.29 bits per heavy atom. The van der Waals surface area contributed by atoms with Gasteiger partial charge in [0, 0.05) is 38.6 Å². The van der Waals surface area contributed by atoms with E-state index in [1.807, 2.05) is 0 Å². The second kappa shape index (κ2) is 32.2. The fourth-order valence-corrected chi connectivity index (χ4v) is 7.51. The Morgan fingerprint density at radius 2 is 0.831 bits per heavy atom. The van der Waals surface area contributed by atoms with Crippen LogP contribution in [0.2, 0.25) is 0 Å². The lowest BCUT2D eigenvalue weighted by atomic mass is 9.97. The SMILES string of the molecule is Cc1cc(-c2ccc(O)c(C[C@H](NC(=O)OC(C)(C)C)C(=O)N[C@@H](CCCNC(=O)OC(C)(C)C)C(=O)NCC(=O)N[C@@H](CCCNC(=O)OC(C)(C)C)C(=O)NC[C@H](CCCNC(=O)OC(C)(C)C)NC(=O)OC(C)(C)C)c2)ccc1O. The zero-order valence-electron chi connectivity index (χ0n) is 51.4. The average molecular weight is 1170 g/mol. The lowest BCUT2D eigenvalue weighted by Crippen LogP contribution is -2.56. The number of aryl methyl sites for hydroxylation is 1. The number of phenols is 2. The number of hydrogen-bond acceptors (Lipinski definition) is 16. The van der Waals surface area contributed by atoms with Crippen molar-refractivity contribution in [3.05, 3.63) is 47.5 Å². The van der Waals surface area contributed by atoms with Crippen molar-refractivity contribution in [1.82, 2.24) is 47.9 Å². The first-order valence-corrected chi connectivity index (χ1v) is 27.8. The normalized spacial score (nSPS) is 13.3. The maximum absolute atomic E-state index is 14.4. The Bertz CT molecular complexity index is 2520. The number of benzene rings is 2. The standard InChI is InChI=1S/C58H93N9O16/c1-35-30-36(23-25-43(35)68)37-24-26-44(69)38(31-37)32-42(67-53(78)83-58(14,15)16)48(73)66-41(22-19-29-61-51(76)81-56(8,9)10)47(72)63-34-45(70)65-40(21-18-28-60-50(75)80-55(5,6)7)46(71)62-33-39(64-52(77)82-57(11,12)13)20-17-27-59-49(74)79-54(2,3)4/h23-26,30-31,39-42,68-69H,17-22,27-29,32-34H2,1-16H3,(H,59,74)(H,60,75)(H,61,76)(H,62,71)(H,63,72)(H,64,77)(H,65,70)(H,66,73)(H,67,78)/t39-,40-,41-,42-/m0/s1. The average Bonchev–Trinajstić information content (AvgIpc) is 3.48. The number of amides is 9. The molecule has 0 heterocycles. The summed E-state index contributed by atoms with van der Waals surface area (Å²) >= 11 is 0. The summed E-state index contributed by atoms with van der Waals surface area (Å²) in [6, 6.07) is 4.73. The molecule has 2 aromatic rings. The van der Waals surface area contributed by atoms with Crippen molar-refractivity contribution >= 4 is 54.1 Å². The fraction of sp³-hybridized carbons (Fsp3) is 0.638. The fourth-order valence-electron chi connectivity index (χ4n) is 7.51. The van der Waals surface area contributed by atoms with E-state index in [9.17, 15) is 53.4 Å². The van der Waals surface area contributed by atoms with E-state index < -0.39 is 113 Å². The lowest BCUT2D eigenvalue weighted by molar-refractivity contribution is -0.132. The van der Waals surface area contributed by atoms with Crippen LogP contribution in [0, 0.1) is 6.92 Å². The Balaban J connectivity index is 2.45. The molecule has 0 saturated carbocycles. The molecule has 0 aliphatic heterocycles. The molecule has 2 aromatic carbocycles. The Hall–Kier alpha value is -7.73. The molecule has 9 amide bonds. The number of hydrogen-bond donors (Lipinski definition) is 11. The molecule has 0 radical (unpaired) electrons. The molecule has 83 heavy (non-hydrogen) atoms. The molecule has 4 atom stereocenters. The van der Waals surface area contributed by atoms with Gasteiger partial charge >= 0.3 is 30.5 Å². The minimum absolute atomic E-state index is 0.0112. The highest BCUT2D eigenvalue weighted by Crippen LogP contribution is 2.30. The van der Waals surface area contributed by atoms with Crippen molar-refractivity contribution in [2.24, 2.45) is 0 Å². The number of aromatic hydroxyl groups is 2. The first-order valence-electron chi connectivity index (χ1n) is 27.8. The van der Waals surface area contributed by atoms with Gasteiger partial charge in [-0.2, -0.15) is 0 Å². The van der Waals surface area contributed by atoms with Crippen LogP contribution >= 0.6 is 0 Å². The predicted molar refractivity (Wildman–Crippen MR) is 310 cm³/mol. The highest BCUT2D eigenvalue weighted by molar-refractivity contribution is 5.94. The van der Waals surface area contributed by atoms with E-state index in [0.717, 1.165) is 0 Å². The molecule has 11 N–H and O–H groups in total. The first-order chi connectivity index (χ1) is 38.2. The monoisotopic (exact) mass is 1170 g/mol. The van der Waals surface area contributed by atoms with E-state index in [2.05, 4.69) is 47.9 Å². The van der Waals surface area contributed by atoms with Gasteiger partial charge in [0.1, 0.15) is 57.6 Å². The van der Waals surface area contributed by atoms with Crippen LogP contribution in [0.4, 0.5) is 24.0 Å². The molecule has 0 unspecified atom stereocenters. The summed E-state index contributed by atoms with van der Waals surface area (Å²) < 4.78 is 26.9. The number of rotatable bonds is 26. The van der Waals surface area contributed by atoms with Crippen molar-refractivity contribution in [3.63, 3.8) is 0 Å². The van der Waals surface area contributed by atoms with Crippen LogP contribution in [0.3, 0.4) is 0 Å². The van der Waals surface area contributed by atoms with Crippen LogP contribution in [-0.4, -0.2) is 149 Å². The molecule has 25 heteroatoms. The third-order valence-corrected chi connectivity index (χ3v) is 11.1.